The number of methoxy groups -OCH3 is 1. The van der Waals surface area contributed by atoms with Gasteiger partial charge in [-0.1, -0.05) is 6.08 Å². The van der Waals surface area contributed by atoms with E-state index in [1.807, 2.05) is 6.08 Å². The number of fused-ring (bicyclic) bond motifs is 1. The molecule has 0 aromatic heterocycles. The Labute approximate surface area is 79.0 Å². The Hall–Kier alpha value is -0.630. The molecule has 0 radical (unpaired) electrons. The highest BCUT2D eigenvalue weighted by atomic mass is 16.5. The molecular weight excluding hydrogens is 164 g/mol. The summed E-state index contributed by atoms with van der Waals surface area (Å²) in [7, 11) is 1.76. The van der Waals surface area contributed by atoms with Crippen LogP contribution in [0.25, 0.3) is 0 Å². The first-order chi connectivity index (χ1) is 6.31. The standard InChI is InChI=1S/C11H16O2/c1-13-11-6-5-8-3-2-4-9(12)7-10(8)11/h2,4,8,10-11H,3,5-7H2,1H3/t8?,10-,11-/m1/s1. The van der Waals surface area contributed by atoms with Crippen molar-refractivity contribution in [2.24, 2.45) is 11.8 Å². The van der Waals surface area contributed by atoms with E-state index in [0.29, 0.717) is 24.4 Å². The minimum absolute atomic E-state index is 0.274. The number of hydrogen-bond donors (Lipinski definition) is 0. The molecule has 2 aliphatic rings. The van der Waals surface area contributed by atoms with E-state index in [9.17, 15) is 4.79 Å². The molecule has 0 aromatic carbocycles. The van der Waals surface area contributed by atoms with Crippen LogP contribution in [0.15, 0.2) is 12.2 Å². The summed E-state index contributed by atoms with van der Waals surface area (Å²) in [5.74, 6) is 1.44. The third-order valence-corrected chi connectivity index (χ3v) is 3.39. The molecule has 2 heteroatoms. The van der Waals surface area contributed by atoms with Gasteiger partial charge in [0, 0.05) is 13.5 Å². The molecule has 2 nitrogen and oxygen atoms in total. The second-order valence-electron chi connectivity index (χ2n) is 4.08. The highest BCUT2D eigenvalue weighted by Crippen LogP contribution is 2.39. The molecule has 1 unspecified atom stereocenters. The third kappa shape index (κ3) is 1.68. The van der Waals surface area contributed by atoms with E-state index in [1.165, 1.54) is 6.42 Å². The quantitative estimate of drug-likeness (QED) is 0.616. The van der Waals surface area contributed by atoms with E-state index in [2.05, 4.69) is 0 Å². The van der Waals surface area contributed by atoms with Crippen LogP contribution in [0.3, 0.4) is 0 Å². The fourth-order valence-corrected chi connectivity index (χ4v) is 2.67. The molecule has 2 rings (SSSR count). The molecule has 0 aromatic rings. The maximum absolute atomic E-state index is 11.3. The molecule has 13 heavy (non-hydrogen) atoms. The Bertz CT molecular complexity index is 232. The van der Waals surface area contributed by atoms with Crippen LogP contribution in [0.4, 0.5) is 0 Å². The highest BCUT2D eigenvalue weighted by Gasteiger charge is 2.37. The van der Waals surface area contributed by atoms with E-state index >= 15 is 0 Å². The fourth-order valence-electron chi connectivity index (χ4n) is 2.67. The maximum atomic E-state index is 11.3. The van der Waals surface area contributed by atoms with Crippen molar-refractivity contribution in [1.29, 1.82) is 0 Å². The normalized spacial score (nSPS) is 38.8. The minimum atomic E-state index is 0.274. The van der Waals surface area contributed by atoms with Gasteiger partial charge in [0.25, 0.3) is 0 Å². The van der Waals surface area contributed by atoms with Crippen molar-refractivity contribution in [3.05, 3.63) is 12.2 Å². The second-order valence-corrected chi connectivity index (χ2v) is 4.08. The summed E-state index contributed by atoms with van der Waals surface area (Å²) >= 11 is 0. The number of hydrogen-bond acceptors (Lipinski definition) is 2. The Morgan fingerprint density at radius 3 is 3.08 bits per heavy atom. The van der Waals surface area contributed by atoms with Gasteiger partial charge in [-0.05, 0) is 37.2 Å². The molecule has 3 atom stereocenters. The topological polar surface area (TPSA) is 26.3 Å². The Kier molecular flexibility index (Phi) is 2.49. The predicted octanol–water partition coefficient (Wildman–Crippen LogP) is 1.95. The van der Waals surface area contributed by atoms with Gasteiger partial charge in [-0.2, -0.15) is 0 Å². The van der Waals surface area contributed by atoms with Crippen LogP contribution in [0.5, 0.6) is 0 Å². The average Bonchev–Trinajstić information content (AvgIpc) is 2.39. The summed E-state index contributed by atoms with van der Waals surface area (Å²) in [6.45, 7) is 0. The molecule has 0 amide bonds. The fraction of sp³-hybridized carbons (Fsp3) is 0.727. The van der Waals surface area contributed by atoms with Gasteiger partial charge in [0.1, 0.15) is 0 Å². The van der Waals surface area contributed by atoms with E-state index in [0.717, 1.165) is 12.8 Å². The monoisotopic (exact) mass is 180 g/mol. The van der Waals surface area contributed by atoms with Crippen molar-refractivity contribution < 1.29 is 9.53 Å². The van der Waals surface area contributed by atoms with Gasteiger partial charge in [0.05, 0.1) is 6.10 Å². The number of ketones is 1. The van der Waals surface area contributed by atoms with Crippen LogP contribution in [-0.2, 0) is 9.53 Å². The maximum Gasteiger partial charge on any atom is 0.155 e. The molecule has 0 N–H and O–H groups in total. The SMILES string of the molecule is CO[C@@H]1CCC2CC=CC(=O)C[C@H]21. The van der Waals surface area contributed by atoms with E-state index in [4.69, 9.17) is 4.74 Å². The van der Waals surface area contributed by atoms with Crippen LogP contribution in [0.1, 0.15) is 25.7 Å². The number of rotatable bonds is 1. The molecule has 1 saturated carbocycles. The van der Waals surface area contributed by atoms with Gasteiger partial charge in [-0.3, -0.25) is 4.79 Å². The number of allylic oxidation sites excluding steroid dienone is 2. The summed E-state index contributed by atoms with van der Waals surface area (Å²) in [5.41, 5.74) is 0. The zero-order chi connectivity index (χ0) is 9.26. The zero-order valence-electron chi connectivity index (χ0n) is 8.03. The van der Waals surface area contributed by atoms with Gasteiger partial charge < -0.3 is 4.74 Å². The van der Waals surface area contributed by atoms with Gasteiger partial charge in [-0.15, -0.1) is 0 Å². The summed E-state index contributed by atoms with van der Waals surface area (Å²) in [6.07, 6.45) is 8.22. The van der Waals surface area contributed by atoms with Crippen molar-refractivity contribution in [3.8, 4) is 0 Å². The Morgan fingerprint density at radius 2 is 2.31 bits per heavy atom. The molecule has 0 aliphatic heterocycles. The van der Waals surface area contributed by atoms with Crippen LogP contribution in [0, 0.1) is 11.8 Å². The molecule has 2 aliphatic carbocycles. The predicted molar refractivity (Wildman–Crippen MR) is 50.4 cm³/mol. The zero-order valence-corrected chi connectivity index (χ0v) is 8.03. The lowest BCUT2D eigenvalue weighted by Crippen LogP contribution is -2.22. The van der Waals surface area contributed by atoms with E-state index in [-0.39, 0.29) is 5.78 Å². The van der Waals surface area contributed by atoms with Crippen molar-refractivity contribution in [3.63, 3.8) is 0 Å². The summed E-state index contributed by atoms with van der Waals surface area (Å²) < 4.78 is 5.40. The van der Waals surface area contributed by atoms with Gasteiger partial charge in [0.2, 0.25) is 0 Å². The van der Waals surface area contributed by atoms with Crippen molar-refractivity contribution in [1.82, 2.24) is 0 Å². The number of carbonyl (C=O) groups excluding carboxylic acids is 1. The second kappa shape index (κ2) is 3.62. The summed E-state index contributed by atoms with van der Waals surface area (Å²) in [4.78, 5) is 11.3. The Balaban J connectivity index is 2.11. The van der Waals surface area contributed by atoms with Gasteiger partial charge >= 0.3 is 0 Å². The largest absolute Gasteiger partial charge is 0.381 e. The smallest absolute Gasteiger partial charge is 0.155 e. The van der Waals surface area contributed by atoms with Crippen molar-refractivity contribution in [2.75, 3.05) is 7.11 Å². The van der Waals surface area contributed by atoms with E-state index < -0.39 is 0 Å². The van der Waals surface area contributed by atoms with Crippen molar-refractivity contribution in [2.45, 2.75) is 31.8 Å². The minimum Gasteiger partial charge on any atom is -0.381 e. The first-order valence-electron chi connectivity index (χ1n) is 5.03. The lowest BCUT2D eigenvalue weighted by atomic mass is 9.90. The lowest BCUT2D eigenvalue weighted by Gasteiger charge is -2.20. The molecule has 72 valence electrons. The molecule has 0 heterocycles. The first-order valence-corrected chi connectivity index (χ1v) is 5.03. The molecule has 1 fully saturated rings. The lowest BCUT2D eigenvalue weighted by molar-refractivity contribution is -0.116. The third-order valence-electron chi connectivity index (χ3n) is 3.39. The average molecular weight is 180 g/mol. The Morgan fingerprint density at radius 1 is 1.46 bits per heavy atom. The molecule has 0 saturated heterocycles. The first kappa shape index (κ1) is 8.95. The van der Waals surface area contributed by atoms with Crippen LogP contribution < -0.4 is 0 Å². The van der Waals surface area contributed by atoms with Crippen molar-refractivity contribution >= 4 is 5.78 Å². The molecular formula is C11H16O2. The van der Waals surface area contributed by atoms with Crippen LogP contribution in [-0.4, -0.2) is 19.0 Å². The van der Waals surface area contributed by atoms with Gasteiger partial charge in [-0.25, -0.2) is 0 Å². The van der Waals surface area contributed by atoms with Crippen LogP contribution in [0.2, 0.25) is 0 Å². The number of carbonyl (C=O) groups is 1. The summed E-state index contributed by atoms with van der Waals surface area (Å²) in [5, 5.41) is 0. The van der Waals surface area contributed by atoms with E-state index in [1.54, 1.807) is 13.2 Å². The molecule has 0 spiro atoms. The van der Waals surface area contributed by atoms with Crippen LogP contribution >= 0.6 is 0 Å². The van der Waals surface area contributed by atoms with Gasteiger partial charge in [0.15, 0.2) is 5.78 Å². The highest BCUT2D eigenvalue weighted by molar-refractivity contribution is 5.90. The molecule has 0 bridgehead atoms. The summed E-state index contributed by atoms with van der Waals surface area (Å²) in [6, 6.07) is 0. The number of ether oxygens (including phenoxy) is 1.